The molecule has 0 spiro atoms. The fourth-order valence-electron chi connectivity index (χ4n) is 2.22. The second kappa shape index (κ2) is 7.23. The molecule has 2 N–H and O–H groups in total. The Labute approximate surface area is 120 Å². The van der Waals surface area contributed by atoms with Gasteiger partial charge in [0.15, 0.2) is 0 Å². The highest BCUT2D eigenvalue weighted by molar-refractivity contribution is 7.54. The second-order valence-corrected chi connectivity index (χ2v) is 6.66. The molecule has 0 aromatic heterocycles. The zero-order valence-corrected chi connectivity index (χ0v) is 13.7. The Hall–Kier alpha value is -0.870. The molecule has 6 heteroatoms. The van der Waals surface area contributed by atoms with Crippen molar-refractivity contribution in [2.24, 2.45) is 5.73 Å². The molecule has 1 aromatic carbocycles. The van der Waals surface area contributed by atoms with E-state index in [0.29, 0.717) is 13.2 Å². The molecule has 0 bridgehead atoms. The van der Waals surface area contributed by atoms with Crippen molar-refractivity contribution >= 4 is 7.60 Å². The Bertz CT molecular complexity index is 471. The topological polar surface area (TPSA) is 70.8 Å². The summed E-state index contributed by atoms with van der Waals surface area (Å²) in [5, 5.41) is 0. The number of hydrogen-bond acceptors (Lipinski definition) is 5. The van der Waals surface area contributed by atoms with E-state index in [9.17, 15) is 4.57 Å². The summed E-state index contributed by atoms with van der Waals surface area (Å²) in [6.07, 6.45) is 0. The second-order valence-electron chi connectivity index (χ2n) is 4.51. The zero-order valence-electron chi connectivity index (χ0n) is 12.8. The van der Waals surface area contributed by atoms with Gasteiger partial charge in [-0.15, -0.1) is 0 Å². The molecule has 0 fully saturated rings. The standard InChI is InChI=1S/C14H24NO4P/c1-6-18-20(16,19-7-2)14(15)12-8-10(3)13(17-5)11(4)9-12/h8-9,14H,6-7,15H2,1-5H3/t14-/m1/s1. The normalized spacial score (nSPS) is 13.3. The summed E-state index contributed by atoms with van der Waals surface area (Å²) in [6.45, 7) is 7.96. The van der Waals surface area contributed by atoms with E-state index in [-0.39, 0.29) is 0 Å². The summed E-state index contributed by atoms with van der Waals surface area (Å²) in [4.78, 5) is 0. The van der Waals surface area contributed by atoms with E-state index in [1.165, 1.54) is 0 Å². The van der Waals surface area contributed by atoms with Gasteiger partial charge >= 0.3 is 7.60 Å². The van der Waals surface area contributed by atoms with Crippen LogP contribution in [-0.4, -0.2) is 20.3 Å². The summed E-state index contributed by atoms with van der Waals surface area (Å²) in [5.41, 5.74) is 8.73. The molecular weight excluding hydrogens is 277 g/mol. The van der Waals surface area contributed by atoms with Crippen molar-refractivity contribution < 1.29 is 18.3 Å². The van der Waals surface area contributed by atoms with Gasteiger partial charge in [-0.05, 0) is 44.4 Å². The van der Waals surface area contributed by atoms with Gasteiger partial charge in [-0.1, -0.05) is 12.1 Å². The summed E-state index contributed by atoms with van der Waals surface area (Å²) < 4.78 is 28.6. The Morgan fingerprint density at radius 3 is 1.95 bits per heavy atom. The lowest BCUT2D eigenvalue weighted by Crippen LogP contribution is -2.15. The molecule has 114 valence electrons. The van der Waals surface area contributed by atoms with Gasteiger partial charge in [0.1, 0.15) is 11.5 Å². The maximum absolute atomic E-state index is 12.7. The predicted octanol–water partition coefficient (Wildman–Crippen LogP) is 3.54. The van der Waals surface area contributed by atoms with Crippen LogP contribution in [0.4, 0.5) is 0 Å². The van der Waals surface area contributed by atoms with Gasteiger partial charge in [0.05, 0.1) is 20.3 Å². The molecule has 1 atom stereocenters. The third-order valence-electron chi connectivity index (χ3n) is 2.99. The minimum Gasteiger partial charge on any atom is -0.496 e. The van der Waals surface area contributed by atoms with Crippen LogP contribution in [0.15, 0.2) is 12.1 Å². The monoisotopic (exact) mass is 301 g/mol. The first-order chi connectivity index (χ1) is 9.39. The van der Waals surface area contributed by atoms with E-state index in [4.69, 9.17) is 19.5 Å². The quantitative estimate of drug-likeness (QED) is 0.780. The molecule has 0 aliphatic carbocycles. The molecular formula is C14H24NO4P. The van der Waals surface area contributed by atoms with Crippen molar-refractivity contribution in [3.8, 4) is 5.75 Å². The molecule has 0 aliphatic rings. The van der Waals surface area contributed by atoms with E-state index in [1.807, 2.05) is 26.0 Å². The summed E-state index contributed by atoms with van der Waals surface area (Å²) in [6, 6.07) is 3.72. The predicted molar refractivity (Wildman–Crippen MR) is 80.3 cm³/mol. The molecule has 0 aliphatic heterocycles. The van der Waals surface area contributed by atoms with Gasteiger partial charge in [0.25, 0.3) is 0 Å². The number of ether oxygens (including phenoxy) is 1. The zero-order chi connectivity index (χ0) is 15.3. The molecule has 0 radical (unpaired) electrons. The van der Waals surface area contributed by atoms with Crippen LogP contribution < -0.4 is 10.5 Å². The molecule has 0 amide bonds. The van der Waals surface area contributed by atoms with Crippen molar-refractivity contribution in [3.05, 3.63) is 28.8 Å². The first-order valence-electron chi connectivity index (χ1n) is 6.69. The first kappa shape index (κ1) is 17.2. The van der Waals surface area contributed by atoms with E-state index < -0.39 is 13.4 Å². The van der Waals surface area contributed by atoms with Crippen LogP contribution in [0.5, 0.6) is 5.75 Å². The molecule has 0 heterocycles. The van der Waals surface area contributed by atoms with Crippen molar-refractivity contribution in [1.29, 1.82) is 0 Å². The molecule has 0 unspecified atom stereocenters. The van der Waals surface area contributed by atoms with Crippen molar-refractivity contribution in [1.82, 2.24) is 0 Å². The fourth-order valence-corrected chi connectivity index (χ4v) is 3.85. The Morgan fingerprint density at radius 2 is 1.60 bits per heavy atom. The minimum absolute atomic E-state index is 0.291. The molecule has 1 aromatic rings. The van der Waals surface area contributed by atoms with Crippen LogP contribution in [-0.2, 0) is 13.6 Å². The third-order valence-corrected chi connectivity index (χ3v) is 5.20. The van der Waals surface area contributed by atoms with E-state index in [2.05, 4.69) is 0 Å². The Morgan fingerprint density at radius 1 is 1.15 bits per heavy atom. The lowest BCUT2D eigenvalue weighted by molar-refractivity contribution is 0.212. The average Bonchev–Trinajstić information content (AvgIpc) is 2.38. The molecule has 20 heavy (non-hydrogen) atoms. The third kappa shape index (κ3) is 3.61. The summed E-state index contributed by atoms with van der Waals surface area (Å²) >= 11 is 0. The summed E-state index contributed by atoms with van der Waals surface area (Å²) in [7, 11) is -1.73. The molecule has 0 saturated carbocycles. The van der Waals surface area contributed by atoms with Gasteiger partial charge in [-0.3, -0.25) is 4.57 Å². The van der Waals surface area contributed by atoms with Crippen LogP contribution >= 0.6 is 7.60 Å². The van der Waals surface area contributed by atoms with Crippen molar-refractivity contribution in [2.45, 2.75) is 33.5 Å². The fraction of sp³-hybridized carbons (Fsp3) is 0.571. The van der Waals surface area contributed by atoms with Gasteiger partial charge < -0.3 is 19.5 Å². The van der Waals surface area contributed by atoms with Gasteiger partial charge in [0.2, 0.25) is 0 Å². The lowest BCUT2D eigenvalue weighted by atomic mass is 10.1. The van der Waals surface area contributed by atoms with Crippen LogP contribution in [0.1, 0.15) is 36.3 Å². The largest absolute Gasteiger partial charge is 0.496 e. The van der Waals surface area contributed by atoms with E-state index in [1.54, 1.807) is 21.0 Å². The number of aryl methyl sites for hydroxylation is 2. The summed E-state index contributed by atoms with van der Waals surface area (Å²) in [5.74, 6) is 0.00862. The van der Waals surface area contributed by atoms with E-state index in [0.717, 1.165) is 22.4 Å². The maximum Gasteiger partial charge on any atom is 0.351 e. The van der Waals surface area contributed by atoms with Gasteiger partial charge in [-0.25, -0.2) is 0 Å². The van der Waals surface area contributed by atoms with Crippen LogP contribution in [0.3, 0.4) is 0 Å². The van der Waals surface area contributed by atoms with Crippen molar-refractivity contribution in [3.63, 3.8) is 0 Å². The molecule has 0 saturated heterocycles. The smallest absolute Gasteiger partial charge is 0.351 e. The van der Waals surface area contributed by atoms with Crippen LogP contribution in [0.25, 0.3) is 0 Å². The number of rotatable bonds is 7. The minimum atomic E-state index is -3.36. The van der Waals surface area contributed by atoms with Crippen LogP contribution in [0, 0.1) is 13.8 Å². The molecule has 1 rings (SSSR count). The highest BCUT2D eigenvalue weighted by Crippen LogP contribution is 2.58. The van der Waals surface area contributed by atoms with Gasteiger partial charge in [-0.2, -0.15) is 0 Å². The number of hydrogen-bond donors (Lipinski definition) is 1. The lowest BCUT2D eigenvalue weighted by Gasteiger charge is -2.24. The van der Waals surface area contributed by atoms with Crippen LogP contribution in [0.2, 0.25) is 0 Å². The van der Waals surface area contributed by atoms with Gasteiger partial charge in [0, 0.05) is 0 Å². The maximum atomic E-state index is 12.7. The Kier molecular flexibility index (Phi) is 6.21. The molecule has 5 nitrogen and oxygen atoms in total. The Balaban J connectivity index is 3.19. The average molecular weight is 301 g/mol. The number of nitrogens with two attached hydrogens (primary N) is 1. The highest BCUT2D eigenvalue weighted by atomic mass is 31.2. The van der Waals surface area contributed by atoms with E-state index >= 15 is 0 Å². The first-order valence-corrected chi connectivity index (χ1v) is 8.30. The SMILES string of the molecule is CCOP(=O)(OCC)[C@@H](N)c1cc(C)c(OC)c(C)c1. The van der Waals surface area contributed by atoms with Crippen molar-refractivity contribution in [2.75, 3.05) is 20.3 Å². The number of methoxy groups -OCH3 is 1. The highest BCUT2D eigenvalue weighted by Gasteiger charge is 2.34. The number of benzene rings is 1.